The lowest BCUT2D eigenvalue weighted by atomic mass is 10.3. The molecule has 0 spiro atoms. The van der Waals surface area contributed by atoms with Gasteiger partial charge in [-0.1, -0.05) is 0 Å². The van der Waals surface area contributed by atoms with E-state index in [9.17, 15) is 8.78 Å². The van der Waals surface area contributed by atoms with Gasteiger partial charge >= 0.3 is 0 Å². The molecule has 2 nitrogen and oxygen atoms in total. The summed E-state index contributed by atoms with van der Waals surface area (Å²) >= 11 is 0. The minimum atomic E-state index is -1.17. The van der Waals surface area contributed by atoms with Gasteiger partial charge in [0.05, 0.1) is 0 Å². The van der Waals surface area contributed by atoms with Crippen molar-refractivity contribution in [2.24, 2.45) is 0 Å². The molecule has 4 N–H and O–H groups in total. The molecule has 0 aliphatic rings. The predicted molar refractivity (Wildman–Crippen MR) is 32.9 cm³/mol. The molecule has 0 bridgehead atoms. The van der Waals surface area contributed by atoms with Crippen molar-refractivity contribution in [3.05, 3.63) is 23.8 Å². The van der Waals surface area contributed by atoms with Crippen molar-refractivity contribution in [1.82, 2.24) is 0 Å². The van der Waals surface area contributed by atoms with Gasteiger partial charge < -0.3 is 11.5 Å². The zero-order valence-electron chi connectivity index (χ0n) is 4.91. The Balaban J connectivity index is 3.34. The summed E-state index contributed by atoms with van der Waals surface area (Å²) in [7, 11) is 0. The number of hydrogen-bond donors (Lipinski definition) is 2. The molecule has 1 aromatic carbocycles. The number of rotatable bonds is 0. The van der Waals surface area contributed by atoms with Crippen LogP contribution in [0.3, 0.4) is 0 Å². The van der Waals surface area contributed by atoms with Crippen LogP contribution in [0.2, 0.25) is 0 Å². The summed E-state index contributed by atoms with van der Waals surface area (Å²) in [5.41, 5.74) is 9.52. The van der Waals surface area contributed by atoms with Crippen molar-refractivity contribution in [2.75, 3.05) is 11.5 Å². The molecule has 0 radical (unpaired) electrons. The largest absolute Gasteiger partial charge is 0.394 e. The quantitative estimate of drug-likeness (QED) is 0.561. The van der Waals surface area contributed by atoms with Crippen LogP contribution in [-0.4, -0.2) is 0 Å². The smallest absolute Gasteiger partial charge is 0.211 e. The van der Waals surface area contributed by atoms with Crippen molar-refractivity contribution >= 4 is 11.4 Å². The Bertz CT molecular complexity index is 233. The summed E-state index contributed by atoms with van der Waals surface area (Å²) in [4.78, 5) is 0. The van der Waals surface area contributed by atoms with Crippen LogP contribution < -0.4 is 11.5 Å². The van der Waals surface area contributed by atoms with Gasteiger partial charge in [-0.25, -0.2) is 4.39 Å². The Labute approximate surface area is 56.4 Å². The minimum absolute atomic E-state index is 0.126. The molecule has 1 rings (SSSR count). The SMILES string of the molecule is Nc1c#cc(F)c(F)c1N. The topological polar surface area (TPSA) is 52.0 Å². The number of halogens is 2. The number of nitrogen functional groups attached to an aromatic ring is 2. The summed E-state index contributed by atoms with van der Waals surface area (Å²) in [5.74, 6) is -2.33. The summed E-state index contributed by atoms with van der Waals surface area (Å²) in [5, 5.41) is 0. The van der Waals surface area contributed by atoms with E-state index in [1.54, 1.807) is 0 Å². The van der Waals surface area contributed by atoms with Gasteiger partial charge in [0.1, 0.15) is 11.4 Å². The van der Waals surface area contributed by atoms with Crippen molar-refractivity contribution in [2.45, 2.75) is 0 Å². The summed E-state index contributed by atoms with van der Waals surface area (Å²) < 4.78 is 24.5. The van der Waals surface area contributed by atoms with Crippen LogP contribution in [0.4, 0.5) is 20.2 Å². The van der Waals surface area contributed by atoms with E-state index >= 15 is 0 Å². The maximum absolute atomic E-state index is 12.4. The van der Waals surface area contributed by atoms with Gasteiger partial charge in [0.15, 0.2) is 5.82 Å². The zero-order chi connectivity index (χ0) is 7.72. The van der Waals surface area contributed by atoms with E-state index in [1.165, 1.54) is 0 Å². The first kappa shape index (κ1) is 6.62. The molecular formula is C6H4F2N2. The molecule has 10 heavy (non-hydrogen) atoms. The Kier molecular flexibility index (Phi) is 1.34. The van der Waals surface area contributed by atoms with Gasteiger partial charge in [-0.3, -0.25) is 0 Å². The van der Waals surface area contributed by atoms with Crippen LogP contribution in [-0.2, 0) is 0 Å². The molecule has 0 aliphatic heterocycles. The fourth-order valence-electron chi connectivity index (χ4n) is 0.481. The van der Waals surface area contributed by atoms with E-state index in [4.69, 9.17) is 11.5 Å². The van der Waals surface area contributed by atoms with Crippen LogP contribution in [0.1, 0.15) is 0 Å². The van der Waals surface area contributed by atoms with Gasteiger partial charge in [-0.2, -0.15) is 4.39 Å². The fraction of sp³-hybridized carbons (Fsp3) is 0. The molecule has 0 aromatic heterocycles. The predicted octanol–water partition coefficient (Wildman–Crippen LogP) is 0.730. The molecular weight excluding hydrogens is 138 g/mol. The lowest BCUT2D eigenvalue weighted by Gasteiger charge is -1.95. The molecule has 1 aromatic rings. The molecule has 0 atom stereocenters. The van der Waals surface area contributed by atoms with E-state index in [-0.39, 0.29) is 5.69 Å². The van der Waals surface area contributed by atoms with E-state index in [2.05, 4.69) is 6.07 Å². The maximum Gasteiger partial charge on any atom is 0.211 e. The lowest BCUT2D eigenvalue weighted by molar-refractivity contribution is 0.513. The highest BCUT2D eigenvalue weighted by atomic mass is 19.2. The molecule has 4 heteroatoms. The average Bonchev–Trinajstić information content (AvgIpc) is 1.93. The van der Waals surface area contributed by atoms with Crippen LogP contribution in [0, 0.1) is 23.8 Å². The highest BCUT2D eigenvalue weighted by Gasteiger charge is 2.06. The van der Waals surface area contributed by atoms with Crippen LogP contribution in [0.5, 0.6) is 0 Å². The fourth-order valence-corrected chi connectivity index (χ4v) is 0.481. The van der Waals surface area contributed by atoms with E-state index < -0.39 is 17.3 Å². The monoisotopic (exact) mass is 142 g/mol. The maximum atomic E-state index is 12.4. The van der Waals surface area contributed by atoms with Gasteiger partial charge in [0.25, 0.3) is 0 Å². The summed E-state index contributed by atoms with van der Waals surface area (Å²) in [6.45, 7) is 0. The number of hydrogen-bond acceptors (Lipinski definition) is 2. The second kappa shape index (κ2) is 2.03. The van der Waals surface area contributed by atoms with E-state index in [0.717, 1.165) is 0 Å². The molecule has 0 heterocycles. The average molecular weight is 142 g/mol. The highest BCUT2D eigenvalue weighted by Crippen LogP contribution is 2.16. The molecule has 0 saturated heterocycles. The number of nitrogens with two attached hydrogens (primary N) is 2. The third-order valence-corrected chi connectivity index (χ3v) is 1.03. The number of anilines is 2. The van der Waals surface area contributed by atoms with Gasteiger partial charge in [-0.15, -0.1) is 0 Å². The molecule has 0 unspecified atom stereocenters. The summed E-state index contributed by atoms with van der Waals surface area (Å²) in [6.07, 6.45) is 0. The van der Waals surface area contributed by atoms with E-state index in [0.29, 0.717) is 0 Å². The first-order chi connectivity index (χ1) is 4.63. The third kappa shape index (κ3) is 0.818. The van der Waals surface area contributed by atoms with Gasteiger partial charge in [0, 0.05) is 0 Å². The van der Waals surface area contributed by atoms with Crippen molar-refractivity contribution in [3.8, 4) is 0 Å². The molecule has 0 saturated carbocycles. The standard InChI is InChI=1S/C6H4F2N2/c7-3-1-2-4(9)6(10)5(3)8/h9-10H2. The molecule has 0 amide bonds. The third-order valence-electron chi connectivity index (χ3n) is 1.03. The van der Waals surface area contributed by atoms with E-state index in [1.807, 2.05) is 6.07 Å². The zero-order valence-corrected chi connectivity index (χ0v) is 4.91. The van der Waals surface area contributed by atoms with Gasteiger partial charge in [-0.05, 0) is 12.1 Å². The molecule has 0 aliphatic carbocycles. The van der Waals surface area contributed by atoms with Crippen molar-refractivity contribution in [3.63, 3.8) is 0 Å². The van der Waals surface area contributed by atoms with Crippen LogP contribution in [0.15, 0.2) is 0 Å². The van der Waals surface area contributed by atoms with Crippen LogP contribution in [0.25, 0.3) is 0 Å². The molecule has 0 fully saturated rings. The Morgan fingerprint density at radius 1 is 1.10 bits per heavy atom. The van der Waals surface area contributed by atoms with Crippen molar-refractivity contribution < 1.29 is 8.78 Å². The second-order valence-electron chi connectivity index (χ2n) is 1.71. The Hall–Kier alpha value is -1.50. The normalized spacial score (nSPS) is 9.00. The van der Waals surface area contributed by atoms with Crippen molar-refractivity contribution in [1.29, 1.82) is 0 Å². The first-order valence-corrected chi connectivity index (χ1v) is 2.46. The Morgan fingerprint density at radius 2 is 1.70 bits per heavy atom. The van der Waals surface area contributed by atoms with Gasteiger partial charge in [0.2, 0.25) is 5.82 Å². The summed E-state index contributed by atoms with van der Waals surface area (Å²) in [6, 6.07) is 3.96. The lowest BCUT2D eigenvalue weighted by Crippen LogP contribution is -1.98. The van der Waals surface area contributed by atoms with Crippen LogP contribution >= 0.6 is 0 Å². The first-order valence-electron chi connectivity index (χ1n) is 2.46. The Morgan fingerprint density at radius 3 is 2.20 bits per heavy atom. The minimum Gasteiger partial charge on any atom is -0.394 e. The highest BCUT2D eigenvalue weighted by molar-refractivity contribution is 5.61. The molecule has 52 valence electrons. The second-order valence-corrected chi connectivity index (χ2v) is 1.71.